The minimum Gasteiger partial charge on any atom is -0.393 e. The molecule has 2 heteroatoms. The van der Waals surface area contributed by atoms with Gasteiger partial charge in [0.25, 0.3) is 0 Å². The summed E-state index contributed by atoms with van der Waals surface area (Å²) >= 11 is 0. The first kappa shape index (κ1) is 13.0. The van der Waals surface area contributed by atoms with E-state index in [0.717, 1.165) is 25.3 Å². The predicted molar refractivity (Wildman–Crippen MR) is 65.0 cm³/mol. The molecule has 0 amide bonds. The first-order valence-corrected chi connectivity index (χ1v) is 6.63. The average molecular weight is 213 g/mol. The molecule has 1 saturated carbocycles. The topological polar surface area (TPSA) is 32.3 Å². The Morgan fingerprint density at radius 3 is 2.60 bits per heavy atom. The van der Waals surface area contributed by atoms with Crippen LogP contribution in [0.2, 0.25) is 0 Å². The summed E-state index contributed by atoms with van der Waals surface area (Å²) in [6.45, 7) is 5.27. The standard InChI is InChI=1S/C13H27NO/c1-3-13(15)8-9-14-11(2)10-12-6-4-5-7-12/h11-15H,3-10H2,1-2H3. The SMILES string of the molecule is CCC(O)CCNC(C)CC1CCCC1. The molecule has 0 aromatic carbocycles. The molecule has 0 aromatic rings. The van der Waals surface area contributed by atoms with Crippen LogP contribution in [-0.2, 0) is 0 Å². The van der Waals surface area contributed by atoms with E-state index in [1.54, 1.807) is 0 Å². The third kappa shape index (κ3) is 5.53. The second-order valence-corrected chi connectivity index (χ2v) is 5.09. The van der Waals surface area contributed by atoms with Crippen molar-refractivity contribution in [2.24, 2.45) is 5.92 Å². The van der Waals surface area contributed by atoms with Crippen molar-refractivity contribution < 1.29 is 5.11 Å². The van der Waals surface area contributed by atoms with Gasteiger partial charge in [0.15, 0.2) is 0 Å². The van der Waals surface area contributed by atoms with E-state index in [-0.39, 0.29) is 6.10 Å². The largest absolute Gasteiger partial charge is 0.393 e. The molecule has 90 valence electrons. The minimum absolute atomic E-state index is 0.115. The quantitative estimate of drug-likeness (QED) is 0.681. The lowest BCUT2D eigenvalue weighted by Gasteiger charge is -2.18. The van der Waals surface area contributed by atoms with Crippen molar-refractivity contribution in [1.82, 2.24) is 5.32 Å². The van der Waals surface area contributed by atoms with Gasteiger partial charge in [-0.25, -0.2) is 0 Å². The molecule has 2 atom stereocenters. The van der Waals surface area contributed by atoms with Crippen LogP contribution in [-0.4, -0.2) is 23.8 Å². The van der Waals surface area contributed by atoms with Crippen molar-refractivity contribution in [1.29, 1.82) is 0 Å². The van der Waals surface area contributed by atoms with E-state index in [1.165, 1.54) is 32.1 Å². The van der Waals surface area contributed by atoms with Crippen LogP contribution in [0.15, 0.2) is 0 Å². The molecule has 1 aliphatic rings. The van der Waals surface area contributed by atoms with Crippen LogP contribution in [0.3, 0.4) is 0 Å². The third-order valence-corrected chi connectivity index (χ3v) is 3.60. The van der Waals surface area contributed by atoms with Gasteiger partial charge in [0, 0.05) is 6.04 Å². The number of aliphatic hydroxyl groups is 1. The zero-order chi connectivity index (χ0) is 11.1. The van der Waals surface area contributed by atoms with Gasteiger partial charge in [-0.05, 0) is 38.6 Å². The van der Waals surface area contributed by atoms with Gasteiger partial charge in [-0.15, -0.1) is 0 Å². The van der Waals surface area contributed by atoms with E-state index in [4.69, 9.17) is 0 Å². The Morgan fingerprint density at radius 2 is 2.00 bits per heavy atom. The predicted octanol–water partition coefficient (Wildman–Crippen LogP) is 2.71. The van der Waals surface area contributed by atoms with E-state index in [0.29, 0.717) is 6.04 Å². The smallest absolute Gasteiger partial charge is 0.0549 e. The van der Waals surface area contributed by atoms with Crippen molar-refractivity contribution in [3.05, 3.63) is 0 Å². The maximum Gasteiger partial charge on any atom is 0.0549 e. The molecule has 0 radical (unpaired) electrons. The Morgan fingerprint density at radius 1 is 1.33 bits per heavy atom. The van der Waals surface area contributed by atoms with Crippen molar-refractivity contribution in [2.75, 3.05) is 6.54 Å². The lowest BCUT2D eigenvalue weighted by Crippen LogP contribution is -2.30. The summed E-state index contributed by atoms with van der Waals surface area (Å²) < 4.78 is 0. The fourth-order valence-corrected chi connectivity index (χ4v) is 2.53. The molecule has 2 nitrogen and oxygen atoms in total. The first-order chi connectivity index (χ1) is 7.22. The maximum absolute atomic E-state index is 9.42. The molecule has 0 spiro atoms. The lowest BCUT2D eigenvalue weighted by molar-refractivity contribution is 0.158. The Bertz CT molecular complexity index is 155. The summed E-state index contributed by atoms with van der Waals surface area (Å²) in [7, 11) is 0. The first-order valence-electron chi connectivity index (χ1n) is 6.63. The van der Waals surface area contributed by atoms with Crippen molar-refractivity contribution in [2.45, 2.75) is 70.9 Å². The second kappa shape index (κ2) is 7.24. The molecule has 0 heterocycles. The molecule has 2 N–H and O–H groups in total. The molecule has 1 fully saturated rings. The fraction of sp³-hybridized carbons (Fsp3) is 1.00. The molecular formula is C13H27NO. The van der Waals surface area contributed by atoms with Gasteiger partial charge in [0.1, 0.15) is 0 Å². The van der Waals surface area contributed by atoms with E-state index in [1.807, 2.05) is 6.92 Å². The number of hydrogen-bond donors (Lipinski definition) is 2. The highest BCUT2D eigenvalue weighted by molar-refractivity contribution is 4.73. The summed E-state index contributed by atoms with van der Waals surface area (Å²) in [4.78, 5) is 0. The van der Waals surface area contributed by atoms with Crippen LogP contribution in [0, 0.1) is 5.92 Å². The Hall–Kier alpha value is -0.0800. The van der Waals surface area contributed by atoms with Crippen molar-refractivity contribution in [3.8, 4) is 0 Å². The molecule has 0 saturated heterocycles. The lowest BCUT2D eigenvalue weighted by atomic mass is 9.99. The van der Waals surface area contributed by atoms with Gasteiger partial charge in [-0.3, -0.25) is 0 Å². The zero-order valence-corrected chi connectivity index (χ0v) is 10.3. The number of hydrogen-bond acceptors (Lipinski definition) is 2. The van der Waals surface area contributed by atoms with Gasteiger partial charge in [0.2, 0.25) is 0 Å². The fourth-order valence-electron chi connectivity index (χ4n) is 2.53. The zero-order valence-electron chi connectivity index (χ0n) is 10.3. The van der Waals surface area contributed by atoms with E-state index >= 15 is 0 Å². The average Bonchev–Trinajstić information content (AvgIpc) is 2.70. The highest BCUT2D eigenvalue weighted by Gasteiger charge is 2.17. The summed E-state index contributed by atoms with van der Waals surface area (Å²) in [5.74, 6) is 0.962. The minimum atomic E-state index is -0.115. The Balaban J connectivity index is 2.00. The molecule has 1 aliphatic carbocycles. The molecule has 0 bridgehead atoms. The van der Waals surface area contributed by atoms with Crippen LogP contribution >= 0.6 is 0 Å². The van der Waals surface area contributed by atoms with E-state index in [2.05, 4.69) is 12.2 Å². The van der Waals surface area contributed by atoms with Gasteiger partial charge >= 0.3 is 0 Å². The highest BCUT2D eigenvalue weighted by Crippen LogP contribution is 2.28. The number of nitrogens with one attached hydrogen (secondary N) is 1. The molecule has 0 aromatic heterocycles. The molecule has 0 aliphatic heterocycles. The van der Waals surface area contributed by atoms with Crippen molar-refractivity contribution >= 4 is 0 Å². The van der Waals surface area contributed by atoms with Crippen molar-refractivity contribution in [3.63, 3.8) is 0 Å². The van der Waals surface area contributed by atoms with Gasteiger partial charge in [-0.2, -0.15) is 0 Å². The maximum atomic E-state index is 9.42. The Kier molecular flexibility index (Phi) is 6.26. The summed E-state index contributed by atoms with van der Waals surface area (Å²) in [5.41, 5.74) is 0. The van der Waals surface area contributed by atoms with Crippen LogP contribution in [0.1, 0.15) is 58.8 Å². The van der Waals surface area contributed by atoms with E-state index < -0.39 is 0 Å². The summed E-state index contributed by atoms with van der Waals surface area (Å²) in [5, 5.41) is 12.9. The Labute approximate surface area is 94.5 Å². The van der Waals surface area contributed by atoms with Crippen LogP contribution < -0.4 is 5.32 Å². The van der Waals surface area contributed by atoms with Gasteiger partial charge in [-0.1, -0.05) is 32.6 Å². The monoisotopic (exact) mass is 213 g/mol. The molecule has 2 unspecified atom stereocenters. The van der Waals surface area contributed by atoms with Gasteiger partial charge < -0.3 is 10.4 Å². The van der Waals surface area contributed by atoms with Crippen LogP contribution in [0.4, 0.5) is 0 Å². The summed E-state index contributed by atoms with van der Waals surface area (Å²) in [6.07, 6.45) is 8.72. The second-order valence-electron chi connectivity index (χ2n) is 5.09. The van der Waals surface area contributed by atoms with Gasteiger partial charge in [0.05, 0.1) is 6.10 Å². The van der Waals surface area contributed by atoms with Crippen LogP contribution in [0.25, 0.3) is 0 Å². The molecule has 15 heavy (non-hydrogen) atoms. The van der Waals surface area contributed by atoms with E-state index in [9.17, 15) is 5.11 Å². The normalized spacial score (nSPS) is 21.8. The number of aliphatic hydroxyl groups excluding tert-OH is 1. The molecule has 1 rings (SSSR count). The van der Waals surface area contributed by atoms with Crippen LogP contribution in [0.5, 0.6) is 0 Å². The number of rotatable bonds is 7. The summed E-state index contributed by atoms with van der Waals surface area (Å²) in [6, 6.07) is 0.622. The highest BCUT2D eigenvalue weighted by atomic mass is 16.3. The third-order valence-electron chi connectivity index (χ3n) is 3.60. The molecular weight excluding hydrogens is 186 g/mol.